The van der Waals surface area contributed by atoms with Crippen LogP contribution in [-0.2, 0) is 0 Å². The summed E-state index contributed by atoms with van der Waals surface area (Å²) in [4.78, 5) is 57.0. The van der Waals surface area contributed by atoms with E-state index in [0.29, 0.717) is 85.3 Å². The summed E-state index contributed by atoms with van der Waals surface area (Å²) in [5, 5.41) is 0. The van der Waals surface area contributed by atoms with E-state index in [1.165, 1.54) is 294 Å². The summed E-state index contributed by atoms with van der Waals surface area (Å²) < 4.78 is 51.7. The van der Waals surface area contributed by atoms with E-state index >= 15 is 0 Å². The minimum atomic E-state index is -0.737. The third kappa shape index (κ3) is 47.7. The summed E-state index contributed by atoms with van der Waals surface area (Å²) in [6.07, 6.45) is 72.2. The quantitative estimate of drug-likeness (QED) is 0.0307. The number of hydrogen-bond donors (Lipinski definition) is 0. The van der Waals surface area contributed by atoms with Crippen LogP contribution in [0.15, 0.2) is 82.4 Å². The second-order valence-electron chi connectivity index (χ2n) is 32.3. The van der Waals surface area contributed by atoms with Crippen molar-refractivity contribution in [3.05, 3.63) is 104 Å². The van der Waals surface area contributed by atoms with Crippen LogP contribution in [0.1, 0.15) is 448 Å². The molecule has 0 fully saturated rings. The van der Waals surface area contributed by atoms with Gasteiger partial charge in [0.15, 0.2) is 34.5 Å². The Kier molecular flexibility index (Phi) is 60.8. The van der Waals surface area contributed by atoms with E-state index in [1.807, 2.05) is 0 Å². The predicted octanol–water partition coefficient (Wildman–Crippen LogP) is 30.3. The number of carbonyl (C=O) groups excluding carboxylic acids is 2. The molecule has 0 aromatic heterocycles. The van der Waals surface area contributed by atoms with Crippen molar-refractivity contribution in [2.45, 2.75) is 427 Å². The second kappa shape index (κ2) is 69.3. The molecule has 0 aliphatic heterocycles. The Morgan fingerprint density at radius 3 is 0.571 bits per heavy atom. The lowest BCUT2D eigenvalue weighted by Crippen LogP contribution is -2.14. The number of rotatable bonds is 77. The molecule has 12 nitrogen and oxygen atoms in total. The molecule has 0 radical (unpaired) electrons. The molecule has 0 aliphatic rings. The highest BCUT2D eigenvalue weighted by Gasteiger charge is 2.24. The molecule has 634 valence electrons. The molecule has 0 bridgehead atoms. The van der Waals surface area contributed by atoms with Gasteiger partial charge in [0.1, 0.15) is 0 Å². The number of esters is 2. The highest BCUT2D eigenvalue weighted by molar-refractivity contribution is 5.93. The minimum Gasteiger partial charge on any atom is -0.490 e. The molecule has 4 rings (SSSR count). The lowest BCUT2D eigenvalue weighted by molar-refractivity contribution is 0.0722. The Bertz CT molecular complexity index is 2790. The molecule has 0 saturated heterocycles. The summed E-state index contributed by atoms with van der Waals surface area (Å²) in [6, 6.07) is 19.0. The Hall–Kier alpha value is -6.04. The van der Waals surface area contributed by atoms with Crippen molar-refractivity contribution >= 4 is 11.9 Å². The van der Waals surface area contributed by atoms with Gasteiger partial charge in [0, 0.05) is 0 Å². The molecule has 4 aromatic rings. The Morgan fingerprint density at radius 1 is 0.205 bits per heavy atom. The standard InChI is InChI=1S/C100H162O12/c1-7-13-19-25-31-37-43-49-55-61-75-105-93-81-87(82-94(106-76-62-56-50-44-38-32-26-20-14-8-2)97(93)109-79-65-59-53-47-41-35-29-23-17-11-5)99(103)111-91-73-69-85(67-71-89(91)101)86-68-72-90(102)92(74-70-86)112-100(104)88-83-95(107-77-63-57-51-45-39-33-27-21-15-9-3)98(110-80-66-60-54-48-42-36-30-24-18-12-6)96(84-88)108-78-64-58-52-46-40-34-28-22-16-10-4/h67-74,81-84H,7-66,75-80H2,1-6H3. The van der Waals surface area contributed by atoms with Crippen molar-refractivity contribution in [2.24, 2.45) is 0 Å². The van der Waals surface area contributed by atoms with Gasteiger partial charge in [-0.1, -0.05) is 413 Å². The number of carbonyl (C=O) groups is 2. The van der Waals surface area contributed by atoms with Gasteiger partial charge in [-0.05, 0) is 98.2 Å². The van der Waals surface area contributed by atoms with Crippen LogP contribution in [-0.4, -0.2) is 51.6 Å². The van der Waals surface area contributed by atoms with E-state index in [9.17, 15) is 19.2 Å². The average Bonchev–Trinajstić information content (AvgIpc) is 0.899. The Balaban J connectivity index is 1.60. The van der Waals surface area contributed by atoms with Gasteiger partial charge in [-0.2, -0.15) is 0 Å². The molecule has 0 heterocycles. The largest absolute Gasteiger partial charge is 0.490 e. The smallest absolute Gasteiger partial charge is 0.343 e. The minimum absolute atomic E-state index is 0.174. The molecule has 4 aromatic carbocycles. The normalized spacial score (nSPS) is 11.3. The lowest BCUT2D eigenvalue weighted by Gasteiger charge is -2.19. The fourth-order valence-corrected chi connectivity index (χ4v) is 14.7. The zero-order valence-electron chi connectivity index (χ0n) is 72.5. The van der Waals surface area contributed by atoms with E-state index in [4.69, 9.17) is 37.9 Å². The molecule has 0 unspecified atom stereocenters. The summed E-state index contributed by atoms with van der Waals surface area (Å²) in [5.41, 5.74) is 0.447. The van der Waals surface area contributed by atoms with Crippen LogP contribution in [0.5, 0.6) is 46.0 Å². The lowest BCUT2D eigenvalue weighted by atomic mass is 10.1. The Labute approximate surface area is 683 Å². The van der Waals surface area contributed by atoms with Gasteiger partial charge in [-0.25, -0.2) is 9.59 Å². The van der Waals surface area contributed by atoms with Gasteiger partial charge >= 0.3 is 11.9 Å². The molecule has 12 heteroatoms. The zero-order valence-corrected chi connectivity index (χ0v) is 72.5. The maximum Gasteiger partial charge on any atom is 0.343 e. The van der Waals surface area contributed by atoms with E-state index in [1.54, 1.807) is 48.5 Å². The number of unbranched alkanes of at least 4 members (excludes halogenated alkanes) is 54. The van der Waals surface area contributed by atoms with Crippen molar-refractivity contribution in [3.8, 4) is 57.1 Å². The predicted molar refractivity (Wildman–Crippen MR) is 471 cm³/mol. The first-order valence-electron chi connectivity index (χ1n) is 47.0. The van der Waals surface area contributed by atoms with Crippen molar-refractivity contribution < 1.29 is 47.5 Å². The van der Waals surface area contributed by atoms with Gasteiger partial charge in [-0.3, -0.25) is 9.59 Å². The van der Waals surface area contributed by atoms with E-state index in [-0.39, 0.29) is 22.6 Å². The van der Waals surface area contributed by atoms with Crippen LogP contribution in [0.4, 0.5) is 0 Å². The summed E-state index contributed by atoms with van der Waals surface area (Å²) in [6.45, 7) is 16.4. The number of hydrogen-bond acceptors (Lipinski definition) is 12. The highest BCUT2D eigenvalue weighted by atomic mass is 16.6. The molecule has 112 heavy (non-hydrogen) atoms. The molecule has 0 saturated carbocycles. The van der Waals surface area contributed by atoms with E-state index < -0.39 is 22.8 Å². The Morgan fingerprint density at radius 2 is 0.375 bits per heavy atom. The molecule has 0 N–H and O–H groups in total. The molecule has 0 spiro atoms. The topological polar surface area (TPSA) is 142 Å². The summed E-state index contributed by atoms with van der Waals surface area (Å²) >= 11 is 0. The van der Waals surface area contributed by atoms with Crippen molar-refractivity contribution in [2.75, 3.05) is 39.6 Å². The van der Waals surface area contributed by atoms with Crippen LogP contribution < -0.4 is 48.8 Å². The maximum atomic E-state index is 14.5. The van der Waals surface area contributed by atoms with Crippen molar-refractivity contribution in [1.29, 1.82) is 0 Å². The first-order chi connectivity index (χ1) is 55.2. The van der Waals surface area contributed by atoms with Crippen LogP contribution in [0.3, 0.4) is 0 Å². The SMILES string of the molecule is CCCCCCCCCCCCOc1cc(C(=O)Oc2ccc(-c3ccc(OC(=O)c4cc(OCCCCCCCCCCCC)c(OCCCCCCCCCCCC)c(OCCCCCCCCCCCC)c4)c(=O)cc3)ccc2=O)cc(OCCCCCCCCCCCC)c1OCCCCCCCCCCCC. The fraction of sp³-hybridized carbons (Fsp3) is 0.720. The van der Waals surface area contributed by atoms with Gasteiger partial charge in [0.2, 0.25) is 22.4 Å². The second-order valence-corrected chi connectivity index (χ2v) is 32.3. The van der Waals surface area contributed by atoms with Gasteiger partial charge in [0.25, 0.3) is 0 Å². The fourth-order valence-electron chi connectivity index (χ4n) is 14.7. The van der Waals surface area contributed by atoms with Gasteiger partial charge < -0.3 is 37.9 Å². The molecule has 0 aliphatic carbocycles. The number of ether oxygens (including phenoxy) is 8. The third-order valence-electron chi connectivity index (χ3n) is 21.9. The highest BCUT2D eigenvalue weighted by Crippen LogP contribution is 2.42. The molecule has 0 atom stereocenters. The molecule has 0 amide bonds. The third-order valence-corrected chi connectivity index (χ3v) is 21.9. The van der Waals surface area contributed by atoms with Crippen LogP contribution in [0, 0.1) is 0 Å². The van der Waals surface area contributed by atoms with Crippen LogP contribution in [0.25, 0.3) is 11.1 Å². The van der Waals surface area contributed by atoms with Crippen molar-refractivity contribution in [1.82, 2.24) is 0 Å². The molecular weight excluding hydrogens is 1390 g/mol. The average molecular weight is 1560 g/mol. The first kappa shape index (κ1) is 98.3. The zero-order chi connectivity index (χ0) is 80.0. The molecular formula is C100H162O12. The van der Waals surface area contributed by atoms with Crippen LogP contribution >= 0.6 is 0 Å². The summed E-state index contributed by atoms with van der Waals surface area (Å²) in [7, 11) is 0. The monoisotopic (exact) mass is 1560 g/mol. The van der Waals surface area contributed by atoms with Gasteiger partial charge in [0.05, 0.1) is 50.8 Å². The number of benzene rings is 2. The van der Waals surface area contributed by atoms with E-state index in [2.05, 4.69) is 41.5 Å². The summed E-state index contributed by atoms with van der Waals surface area (Å²) in [5.74, 6) is 0.890. The first-order valence-corrected chi connectivity index (χ1v) is 47.0. The van der Waals surface area contributed by atoms with Crippen molar-refractivity contribution in [3.63, 3.8) is 0 Å². The van der Waals surface area contributed by atoms with E-state index in [0.717, 1.165) is 116 Å². The van der Waals surface area contributed by atoms with Gasteiger partial charge in [-0.15, -0.1) is 0 Å². The van der Waals surface area contributed by atoms with Crippen LogP contribution in [0.2, 0.25) is 0 Å². The maximum absolute atomic E-state index is 14.5.